The molecular weight excluding hydrogens is 501 g/mol. The number of fused-ring (bicyclic) bond motifs is 1. The van der Waals surface area contributed by atoms with Gasteiger partial charge in [0.05, 0.1) is 19.7 Å². The predicted octanol–water partition coefficient (Wildman–Crippen LogP) is 4.27. The van der Waals surface area contributed by atoms with Gasteiger partial charge < -0.3 is 19.7 Å². The lowest BCUT2D eigenvalue weighted by atomic mass is 10.00. The lowest BCUT2D eigenvalue weighted by Gasteiger charge is -2.34. The van der Waals surface area contributed by atoms with E-state index in [1.54, 1.807) is 30.3 Å². The summed E-state index contributed by atoms with van der Waals surface area (Å²) in [7, 11) is 3.03. The molecule has 2 amide bonds. The van der Waals surface area contributed by atoms with E-state index in [0.717, 1.165) is 0 Å². The standard InChI is InChI=1S/C29H32FN5O4/c1-29(2,3)31-28(37)27(20-14-22(38-4)16-23(15-20)39-5)34(17-19-10-12-21(30)13-11-19)26(36)18-35-25-9-7-6-8-24(25)32-33-35/h6-16,27H,17-18H2,1-5H3,(H,31,37)/t27-/m1/s1. The molecule has 0 fully saturated rings. The van der Waals surface area contributed by atoms with Gasteiger partial charge in [-0.1, -0.05) is 29.5 Å². The molecule has 0 spiro atoms. The van der Waals surface area contributed by atoms with Crippen molar-refractivity contribution in [1.82, 2.24) is 25.2 Å². The highest BCUT2D eigenvalue weighted by molar-refractivity contribution is 5.89. The lowest BCUT2D eigenvalue weighted by molar-refractivity contribution is -0.142. The molecule has 3 aromatic carbocycles. The van der Waals surface area contributed by atoms with Gasteiger partial charge in [0.25, 0.3) is 0 Å². The molecule has 0 radical (unpaired) electrons. The fraction of sp³-hybridized carbons (Fsp3) is 0.310. The zero-order chi connectivity index (χ0) is 28.2. The number of hydrogen-bond donors (Lipinski definition) is 1. The van der Waals surface area contributed by atoms with Gasteiger partial charge in [0.1, 0.15) is 35.4 Å². The van der Waals surface area contributed by atoms with Crippen LogP contribution in [0.3, 0.4) is 0 Å². The molecule has 1 aromatic heterocycles. The first-order valence-electron chi connectivity index (χ1n) is 12.4. The molecule has 4 rings (SSSR count). The fourth-order valence-corrected chi connectivity index (χ4v) is 4.26. The molecule has 0 aliphatic carbocycles. The van der Waals surface area contributed by atoms with Gasteiger partial charge in [-0.2, -0.15) is 0 Å². The third-order valence-electron chi connectivity index (χ3n) is 6.04. The number of carbonyl (C=O) groups is 2. The Labute approximate surface area is 226 Å². The number of amides is 2. The van der Waals surface area contributed by atoms with Gasteiger partial charge in [-0.05, 0) is 68.3 Å². The highest BCUT2D eigenvalue weighted by Crippen LogP contribution is 2.32. The van der Waals surface area contributed by atoms with Gasteiger partial charge in [-0.25, -0.2) is 9.07 Å². The van der Waals surface area contributed by atoms with E-state index in [1.165, 1.54) is 35.9 Å². The number of methoxy groups -OCH3 is 2. The van der Waals surface area contributed by atoms with Crippen LogP contribution in [0.5, 0.6) is 11.5 Å². The third-order valence-corrected chi connectivity index (χ3v) is 6.04. The van der Waals surface area contributed by atoms with Crippen LogP contribution in [-0.4, -0.2) is 51.5 Å². The maximum Gasteiger partial charge on any atom is 0.247 e. The molecular formula is C29H32FN5O4. The first-order chi connectivity index (χ1) is 18.6. The van der Waals surface area contributed by atoms with Crippen molar-refractivity contribution < 1.29 is 23.5 Å². The minimum atomic E-state index is -1.07. The summed E-state index contributed by atoms with van der Waals surface area (Å²) in [5.74, 6) is -0.239. The Hall–Kier alpha value is -4.47. The second-order valence-corrected chi connectivity index (χ2v) is 10.2. The Morgan fingerprint density at radius 3 is 2.26 bits per heavy atom. The summed E-state index contributed by atoms with van der Waals surface area (Å²) < 4.78 is 26.1. The van der Waals surface area contributed by atoms with E-state index in [-0.39, 0.29) is 19.0 Å². The summed E-state index contributed by atoms with van der Waals surface area (Å²) in [6.45, 7) is 5.46. The number of para-hydroxylation sites is 1. The molecule has 0 bridgehead atoms. The largest absolute Gasteiger partial charge is 0.497 e. The van der Waals surface area contributed by atoms with Crippen molar-refractivity contribution >= 4 is 22.8 Å². The number of benzene rings is 3. The zero-order valence-electron chi connectivity index (χ0n) is 22.6. The number of nitrogens with one attached hydrogen (secondary N) is 1. The Bertz CT molecular complexity index is 1440. The van der Waals surface area contributed by atoms with Crippen molar-refractivity contribution in [2.75, 3.05) is 14.2 Å². The monoisotopic (exact) mass is 533 g/mol. The van der Waals surface area contributed by atoms with Crippen LogP contribution in [0.2, 0.25) is 0 Å². The van der Waals surface area contributed by atoms with Crippen molar-refractivity contribution in [3.8, 4) is 11.5 Å². The minimum Gasteiger partial charge on any atom is -0.497 e. The van der Waals surface area contributed by atoms with Crippen molar-refractivity contribution in [3.63, 3.8) is 0 Å². The summed E-state index contributed by atoms with van der Waals surface area (Å²) in [6, 6.07) is 17.1. The molecule has 1 heterocycles. The first kappa shape index (κ1) is 27.6. The Balaban J connectivity index is 1.82. The minimum absolute atomic E-state index is 0.0352. The van der Waals surface area contributed by atoms with Crippen LogP contribution < -0.4 is 14.8 Å². The summed E-state index contributed by atoms with van der Waals surface area (Å²) in [4.78, 5) is 29.4. The van der Waals surface area contributed by atoms with E-state index < -0.39 is 23.3 Å². The highest BCUT2D eigenvalue weighted by atomic mass is 19.1. The molecule has 1 atom stereocenters. The summed E-state index contributed by atoms with van der Waals surface area (Å²) in [6.07, 6.45) is 0. The van der Waals surface area contributed by atoms with Crippen LogP contribution in [0.4, 0.5) is 4.39 Å². The average molecular weight is 534 g/mol. The van der Waals surface area contributed by atoms with Crippen LogP contribution in [0.15, 0.2) is 66.7 Å². The molecule has 1 N–H and O–H groups in total. The van der Waals surface area contributed by atoms with Gasteiger partial charge in [0.15, 0.2) is 0 Å². The third kappa shape index (κ3) is 6.70. The zero-order valence-corrected chi connectivity index (χ0v) is 22.6. The van der Waals surface area contributed by atoms with E-state index in [4.69, 9.17) is 9.47 Å². The molecule has 0 saturated carbocycles. The number of aromatic nitrogens is 3. The number of halogens is 1. The van der Waals surface area contributed by atoms with Crippen molar-refractivity contribution in [1.29, 1.82) is 0 Å². The van der Waals surface area contributed by atoms with Crippen LogP contribution in [0.25, 0.3) is 11.0 Å². The first-order valence-corrected chi connectivity index (χ1v) is 12.4. The van der Waals surface area contributed by atoms with Crippen LogP contribution in [-0.2, 0) is 22.7 Å². The van der Waals surface area contributed by atoms with Gasteiger partial charge in [0.2, 0.25) is 11.8 Å². The van der Waals surface area contributed by atoms with Crippen LogP contribution >= 0.6 is 0 Å². The Morgan fingerprint density at radius 2 is 1.64 bits per heavy atom. The summed E-state index contributed by atoms with van der Waals surface area (Å²) >= 11 is 0. The average Bonchev–Trinajstić information content (AvgIpc) is 3.30. The smallest absolute Gasteiger partial charge is 0.247 e. The molecule has 9 nitrogen and oxygen atoms in total. The van der Waals surface area contributed by atoms with Crippen molar-refractivity contribution in [2.24, 2.45) is 0 Å². The molecule has 4 aromatic rings. The van der Waals surface area contributed by atoms with Crippen molar-refractivity contribution in [2.45, 2.75) is 45.4 Å². The fourth-order valence-electron chi connectivity index (χ4n) is 4.26. The van der Waals surface area contributed by atoms with E-state index >= 15 is 0 Å². The molecule has 0 saturated heterocycles. The number of ether oxygens (including phenoxy) is 2. The molecule has 204 valence electrons. The second-order valence-electron chi connectivity index (χ2n) is 10.2. The van der Waals surface area contributed by atoms with Gasteiger partial charge in [0, 0.05) is 18.2 Å². The number of carbonyl (C=O) groups excluding carboxylic acids is 2. The predicted molar refractivity (Wildman–Crippen MR) is 145 cm³/mol. The molecule has 39 heavy (non-hydrogen) atoms. The molecule has 0 aliphatic rings. The van der Waals surface area contributed by atoms with E-state index in [0.29, 0.717) is 33.7 Å². The van der Waals surface area contributed by atoms with Gasteiger partial charge >= 0.3 is 0 Å². The molecule has 0 aliphatic heterocycles. The van der Waals surface area contributed by atoms with E-state index in [2.05, 4.69) is 15.6 Å². The summed E-state index contributed by atoms with van der Waals surface area (Å²) in [5.41, 5.74) is 1.90. The number of rotatable bonds is 9. The van der Waals surface area contributed by atoms with Gasteiger partial charge in [-0.15, -0.1) is 5.10 Å². The van der Waals surface area contributed by atoms with Crippen LogP contribution in [0, 0.1) is 5.82 Å². The van der Waals surface area contributed by atoms with E-state index in [1.807, 2.05) is 45.0 Å². The lowest BCUT2D eigenvalue weighted by Crippen LogP contribution is -2.49. The quantitative estimate of drug-likeness (QED) is 0.345. The summed E-state index contributed by atoms with van der Waals surface area (Å²) in [5, 5.41) is 11.3. The second kappa shape index (κ2) is 11.5. The maximum atomic E-state index is 14.0. The maximum absolute atomic E-state index is 14.0. The SMILES string of the molecule is COc1cc(OC)cc([C@H](C(=O)NC(C)(C)C)N(Cc2ccc(F)cc2)C(=O)Cn2nnc3ccccc32)c1. The Kier molecular flexibility index (Phi) is 8.13. The van der Waals surface area contributed by atoms with E-state index in [9.17, 15) is 14.0 Å². The Morgan fingerprint density at radius 1 is 1.00 bits per heavy atom. The molecule has 0 unspecified atom stereocenters. The topological polar surface area (TPSA) is 98.6 Å². The normalized spacial score (nSPS) is 12.2. The highest BCUT2D eigenvalue weighted by Gasteiger charge is 2.34. The van der Waals surface area contributed by atoms with Crippen LogP contribution in [0.1, 0.15) is 37.9 Å². The number of nitrogens with zero attached hydrogens (tertiary/aromatic N) is 4. The van der Waals surface area contributed by atoms with Gasteiger partial charge in [-0.3, -0.25) is 9.59 Å². The van der Waals surface area contributed by atoms with Crippen molar-refractivity contribution in [3.05, 3.63) is 83.7 Å². The molecule has 10 heteroatoms. The number of hydrogen-bond acceptors (Lipinski definition) is 6.